The molecule has 0 fully saturated rings. The number of rotatable bonds is 9. The summed E-state index contributed by atoms with van der Waals surface area (Å²) < 4.78 is 32.1. The Kier molecular flexibility index (Phi) is 6.74. The van der Waals surface area contributed by atoms with Crippen molar-refractivity contribution in [3.8, 4) is 0 Å². The van der Waals surface area contributed by atoms with Crippen molar-refractivity contribution in [2.24, 2.45) is 0 Å². The second-order valence-corrected chi connectivity index (χ2v) is 7.61. The number of carbonyl (C=O) groups excluding carboxylic acids is 1. The number of nitrogens with zero attached hydrogens (tertiary/aromatic N) is 1. The molecule has 0 radical (unpaired) electrons. The summed E-state index contributed by atoms with van der Waals surface area (Å²) in [6.07, 6.45) is 2.26. The van der Waals surface area contributed by atoms with Crippen molar-refractivity contribution in [1.82, 2.24) is 14.9 Å². The van der Waals surface area contributed by atoms with E-state index in [4.69, 9.17) is 4.42 Å². The number of carbonyl (C=O) groups is 1. The van der Waals surface area contributed by atoms with E-state index in [9.17, 15) is 13.2 Å². The molecule has 2 aromatic rings. The van der Waals surface area contributed by atoms with Gasteiger partial charge in [-0.25, -0.2) is 13.1 Å². The van der Waals surface area contributed by atoms with Gasteiger partial charge in [0.25, 0.3) is 5.91 Å². The fourth-order valence-electron chi connectivity index (χ4n) is 2.15. The Morgan fingerprint density at radius 3 is 2.48 bits per heavy atom. The van der Waals surface area contributed by atoms with E-state index >= 15 is 0 Å². The molecule has 1 aromatic carbocycles. The van der Waals surface area contributed by atoms with Gasteiger partial charge in [-0.15, -0.1) is 0 Å². The van der Waals surface area contributed by atoms with E-state index in [1.54, 1.807) is 12.1 Å². The second-order valence-electron chi connectivity index (χ2n) is 5.84. The minimum Gasteiger partial charge on any atom is -0.467 e. The molecule has 1 heterocycles. The van der Waals surface area contributed by atoms with E-state index in [0.29, 0.717) is 17.9 Å². The summed E-state index contributed by atoms with van der Waals surface area (Å²) in [6.45, 7) is 1.45. The molecule has 0 unspecified atom stereocenters. The van der Waals surface area contributed by atoms with Crippen molar-refractivity contribution >= 4 is 15.9 Å². The topological polar surface area (TPSA) is 91.7 Å². The summed E-state index contributed by atoms with van der Waals surface area (Å²) in [7, 11) is 0.306. The van der Waals surface area contributed by atoms with Crippen molar-refractivity contribution in [2.45, 2.75) is 17.9 Å². The van der Waals surface area contributed by atoms with Gasteiger partial charge in [-0.05, 0) is 63.5 Å². The minimum atomic E-state index is -3.56. The lowest BCUT2D eigenvalue weighted by Gasteiger charge is -2.10. The monoisotopic (exact) mass is 365 g/mol. The number of hydrogen-bond donors (Lipinski definition) is 2. The third-order valence-corrected chi connectivity index (χ3v) is 4.98. The van der Waals surface area contributed by atoms with Gasteiger partial charge in [-0.2, -0.15) is 0 Å². The molecular weight excluding hydrogens is 342 g/mol. The number of sulfonamides is 1. The molecule has 0 aliphatic heterocycles. The number of benzene rings is 1. The zero-order valence-electron chi connectivity index (χ0n) is 14.4. The van der Waals surface area contributed by atoms with E-state index in [1.165, 1.54) is 30.5 Å². The first-order valence-electron chi connectivity index (χ1n) is 7.93. The standard InChI is InChI=1S/C17H23N3O4S/c1-20(2)11-4-10-19-25(22,23)16-8-6-14(7-9-16)17(21)18-13-15-5-3-12-24-15/h3,5-9,12,19H,4,10-11,13H2,1-2H3,(H,18,21). The highest BCUT2D eigenvalue weighted by Gasteiger charge is 2.14. The molecule has 0 aliphatic rings. The smallest absolute Gasteiger partial charge is 0.251 e. The maximum Gasteiger partial charge on any atom is 0.251 e. The molecular formula is C17H23N3O4S. The third kappa shape index (κ3) is 6.00. The van der Waals surface area contributed by atoms with Crippen LogP contribution < -0.4 is 10.0 Å². The van der Waals surface area contributed by atoms with Gasteiger partial charge in [0.05, 0.1) is 17.7 Å². The highest BCUT2D eigenvalue weighted by atomic mass is 32.2. The Morgan fingerprint density at radius 1 is 1.16 bits per heavy atom. The molecule has 8 heteroatoms. The van der Waals surface area contributed by atoms with E-state index in [-0.39, 0.29) is 17.3 Å². The Hall–Kier alpha value is -2.16. The molecule has 0 saturated heterocycles. The highest BCUT2D eigenvalue weighted by molar-refractivity contribution is 7.89. The van der Waals surface area contributed by atoms with Crippen LogP contribution >= 0.6 is 0 Å². The van der Waals surface area contributed by atoms with Gasteiger partial charge in [0.15, 0.2) is 0 Å². The highest BCUT2D eigenvalue weighted by Crippen LogP contribution is 2.11. The molecule has 25 heavy (non-hydrogen) atoms. The molecule has 0 spiro atoms. The first-order valence-corrected chi connectivity index (χ1v) is 9.42. The van der Waals surface area contributed by atoms with Gasteiger partial charge >= 0.3 is 0 Å². The van der Waals surface area contributed by atoms with Gasteiger partial charge in [0.2, 0.25) is 10.0 Å². The maximum absolute atomic E-state index is 12.2. The predicted molar refractivity (Wildman–Crippen MR) is 94.7 cm³/mol. The fraction of sp³-hybridized carbons (Fsp3) is 0.353. The molecule has 7 nitrogen and oxygen atoms in total. The molecule has 0 saturated carbocycles. The van der Waals surface area contributed by atoms with Gasteiger partial charge in [0.1, 0.15) is 5.76 Å². The summed E-state index contributed by atoms with van der Waals surface area (Å²) in [6, 6.07) is 9.34. The van der Waals surface area contributed by atoms with Crippen LogP contribution in [-0.2, 0) is 16.6 Å². The van der Waals surface area contributed by atoms with Crippen LogP contribution in [0.1, 0.15) is 22.5 Å². The molecule has 2 N–H and O–H groups in total. The van der Waals surface area contributed by atoms with Crippen molar-refractivity contribution < 1.29 is 17.6 Å². The van der Waals surface area contributed by atoms with E-state index in [0.717, 1.165) is 13.0 Å². The Balaban J connectivity index is 1.90. The minimum absolute atomic E-state index is 0.139. The van der Waals surface area contributed by atoms with Crippen molar-refractivity contribution in [3.05, 3.63) is 54.0 Å². The van der Waals surface area contributed by atoms with Crippen molar-refractivity contribution in [3.63, 3.8) is 0 Å². The second kappa shape index (κ2) is 8.80. The normalized spacial score (nSPS) is 11.6. The Bertz CT molecular complexity index is 769. The first-order chi connectivity index (χ1) is 11.9. The summed E-state index contributed by atoms with van der Waals surface area (Å²) in [4.78, 5) is 14.2. The van der Waals surface area contributed by atoms with Crippen LogP contribution in [-0.4, -0.2) is 46.4 Å². The van der Waals surface area contributed by atoms with Gasteiger partial charge in [-0.3, -0.25) is 4.79 Å². The van der Waals surface area contributed by atoms with Crippen LogP contribution in [0, 0.1) is 0 Å². The van der Waals surface area contributed by atoms with Gasteiger partial charge in [0, 0.05) is 12.1 Å². The zero-order chi connectivity index (χ0) is 18.3. The Labute approximate surface area is 148 Å². The lowest BCUT2D eigenvalue weighted by molar-refractivity contribution is 0.0948. The molecule has 1 aromatic heterocycles. The van der Waals surface area contributed by atoms with Crippen LogP contribution in [0.15, 0.2) is 52.0 Å². The Morgan fingerprint density at radius 2 is 1.88 bits per heavy atom. The average molecular weight is 365 g/mol. The lowest BCUT2D eigenvalue weighted by atomic mass is 10.2. The van der Waals surface area contributed by atoms with Crippen LogP contribution in [0.5, 0.6) is 0 Å². The van der Waals surface area contributed by atoms with Crippen molar-refractivity contribution in [1.29, 1.82) is 0 Å². The SMILES string of the molecule is CN(C)CCCNS(=O)(=O)c1ccc(C(=O)NCc2ccco2)cc1. The van der Waals surface area contributed by atoms with Gasteiger partial charge in [-0.1, -0.05) is 0 Å². The average Bonchev–Trinajstić information content (AvgIpc) is 3.10. The number of hydrogen-bond acceptors (Lipinski definition) is 5. The van der Waals surface area contributed by atoms with Crippen molar-refractivity contribution in [2.75, 3.05) is 27.2 Å². The largest absolute Gasteiger partial charge is 0.467 e. The summed E-state index contributed by atoms with van der Waals surface area (Å²) in [5.41, 5.74) is 0.387. The van der Waals surface area contributed by atoms with Crippen LogP contribution in [0.4, 0.5) is 0 Å². The molecule has 0 atom stereocenters. The summed E-state index contributed by atoms with van der Waals surface area (Å²) >= 11 is 0. The summed E-state index contributed by atoms with van der Waals surface area (Å²) in [5.74, 6) is 0.355. The van der Waals surface area contributed by atoms with Crippen LogP contribution in [0.3, 0.4) is 0 Å². The number of furan rings is 1. The number of nitrogens with one attached hydrogen (secondary N) is 2. The lowest BCUT2D eigenvalue weighted by Crippen LogP contribution is -2.27. The van der Waals surface area contributed by atoms with E-state index in [2.05, 4.69) is 10.0 Å². The predicted octanol–water partition coefficient (Wildman–Crippen LogP) is 1.44. The van der Waals surface area contributed by atoms with Gasteiger partial charge < -0.3 is 14.6 Å². The summed E-state index contributed by atoms with van der Waals surface area (Å²) in [5, 5.41) is 2.71. The van der Waals surface area contributed by atoms with Crippen LogP contribution in [0.25, 0.3) is 0 Å². The number of amides is 1. The quantitative estimate of drug-likeness (QED) is 0.656. The third-order valence-electron chi connectivity index (χ3n) is 3.50. The molecule has 136 valence electrons. The molecule has 1 amide bonds. The zero-order valence-corrected chi connectivity index (χ0v) is 15.2. The van der Waals surface area contributed by atoms with E-state index < -0.39 is 10.0 Å². The fourth-order valence-corrected chi connectivity index (χ4v) is 3.23. The van der Waals surface area contributed by atoms with Crippen LogP contribution in [0.2, 0.25) is 0 Å². The maximum atomic E-state index is 12.2. The molecule has 0 bridgehead atoms. The van der Waals surface area contributed by atoms with E-state index in [1.807, 2.05) is 19.0 Å². The molecule has 0 aliphatic carbocycles. The molecule has 2 rings (SSSR count). The first kappa shape index (κ1) is 19.2.